The summed E-state index contributed by atoms with van der Waals surface area (Å²) in [7, 11) is -2.43. The number of carbonyl (C=O) groups is 1. The van der Waals surface area contributed by atoms with Crippen LogP contribution in [-0.2, 0) is 20.2 Å². The van der Waals surface area contributed by atoms with Crippen molar-refractivity contribution in [2.75, 3.05) is 18.0 Å². The first-order valence-electron chi connectivity index (χ1n) is 11.6. The zero-order valence-electron chi connectivity index (χ0n) is 20.5. The fraction of sp³-hybridized carbons (Fsp3) is 0.500. The lowest BCUT2D eigenvalue weighted by atomic mass is 9.87. The van der Waals surface area contributed by atoms with E-state index in [2.05, 4.69) is 20.8 Å². The third kappa shape index (κ3) is 5.52. The molecule has 7 heteroatoms. The number of carbonyl (C=O) groups excluding carboxylic acids is 1. The van der Waals surface area contributed by atoms with E-state index in [1.807, 2.05) is 24.0 Å². The largest absolute Gasteiger partial charge is 0.497 e. The van der Waals surface area contributed by atoms with E-state index in [1.165, 1.54) is 4.31 Å². The van der Waals surface area contributed by atoms with Crippen LogP contribution in [0.25, 0.3) is 0 Å². The van der Waals surface area contributed by atoms with Crippen molar-refractivity contribution in [3.63, 3.8) is 0 Å². The van der Waals surface area contributed by atoms with Gasteiger partial charge in [-0.2, -0.15) is 0 Å². The van der Waals surface area contributed by atoms with Crippen LogP contribution >= 0.6 is 0 Å². The fourth-order valence-corrected chi connectivity index (χ4v) is 5.59. The highest BCUT2D eigenvalue weighted by Crippen LogP contribution is 2.33. The van der Waals surface area contributed by atoms with E-state index in [0.717, 1.165) is 24.8 Å². The summed E-state index contributed by atoms with van der Waals surface area (Å²) in [5.74, 6) is 0.459. The van der Waals surface area contributed by atoms with Crippen molar-refractivity contribution < 1.29 is 17.9 Å². The van der Waals surface area contributed by atoms with Crippen molar-refractivity contribution in [1.29, 1.82) is 0 Å². The molecule has 1 saturated carbocycles. The van der Waals surface area contributed by atoms with Crippen LogP contribution in [0.3, 0.4) is 0 Å². The predicted octanol–water partition coefficient (Wildman–Crippen LogP) is 4.98. The van der Waals surface area contributed by atoms with Gasteiger partial charge >= 0.3 is 0 Å². The molecule has 0 bridgehead atoms. The molecule has 0 spiro atoms. The van der Waals surface area contributed by atoms with Crippen LogP contribution in [0.1, 0.15) is 59.4 Å². The first-order chi connectivity index (χ1) is 15.5. The molecule has 1 aliphatic carbocycles. The lowest BCUT2D eigenvalue weighted by Crippen LogP contribution is -2.50. The predicted molar refractivity (Wildman–Crippen MR) is 132 cm³/mol. The van der Waals surface area contributed by atoms with E-state index in [4.69, 9.17) is 4.74 Å². The first kappa shape index (κ1) is 25.1. The molecule has 0 N–H and O–H groups in total. The van der Waals surface area contributed by atoms with Gasteiger partial charge in [-0.05, 0) is 73.6 Å². The number of sulfonamides is 1. The second-order valence-electron chi connectivity index (χ2n) is 9.71. The van der Waals surface area contributed by atoms with Gasteiger partial charge in [-0.3, -0.25) is 9.10 Å². The van der Waals surface area contributed by atoms with Crippen molar-refractivity contribution in [3.05, 3.63) is 54.1 Å². The Bertz CT molecular complexity index is 1050. The van der Waals surface area contributed by atoms with Gasteiger partial charge in [-0.1, -0.05) is 39.8 Å². The normalized spacial score (nSPS) is 15.1. The van der Waals surface area contributed by atoms with Crippen molar-refractivity contribution in [2.24, 2.45) is 0 Å². The van der Waals surface area contributed by atoms with Crippen molar-refractivity contribution >= 4 is 21.6 Å². The van der Waals surface area contributed by atoms with Crippen LogP contribution < -0.4 is 9.04 Å². The standard InChI is InChI=1S/C26H36N2O4S/c1-7-18-27(21-10-11-21)25(29)19(2)28(22-12-14-23(32-6)15-13-22)33(30,31)24-16-8-20(9-17-24)26(3,4)5/h8-9,12-17,19,21H,7,10-11,18H2,1-6H3. The highest BCUT2D eigenvalue weighted by molar-refractivity contribution is 7.93. The summed E-state index contributed by atoms with van der Waals surface area (Å²) in [6.07, 6.45) is 2.78. The van der Waals surface area contributed by atoms with Gasteiger partial charge in [0.15, 0.2) is 0 Å². The Kier molecular flexibility index (Phi) is 7.42. The molecule has 1 aliphatic rings. The smallest absolute Gasteiger partial charge is 0.265 e. The van der Waals surface area contributed by atoms with Crippen LogP contribution in [0.15, 0.2) is 53.4 Å². The van der Waals surface area contributed by atoms with Gasteiger partial charge in [-0.15, -0.1) is 0 Å². The van der Waals surface area contributed by atoms with E-state index < -0.39 is 16.1 Å². The summed E-state index contributed by atoms with van der Waals surface area (Å²) >= 11 is 0. The van der Waals surface area contributed by atoms with Gasteiger partial charge in [0.1, 0.15) is 11.8 Å². The topological polar surface area (TPSA) is 66.9 Å². The molecule has 0 radical (unpaired) electrons. The molecule has 0 saturated heterocycles. The highest BCUT2D eigenvalue weighted by atomic mass is 32.2. The molecule has 0 aliphatic heterocycles. The van der Waals surface area contributed by atoms with Gasteiger partial charge in [0.05, 0.1) is 17.7 Å². The van der Waals surface area contributed by atoms with Crippen LogP contribution in [0.5, 0.6) is 5.75 Å². The molecule has 180 valence electrons. The van der Waals surface area contributed by atoms with Crippen LogP contribution in [0.2, 0.25) is 0 Å². The van der Waals surface area contributed by atoms with Crippen molar-refractivity contribution in [3.8, 4) is 5.75 Å². The number of rotatable bonds is 9. The second kappa shape index (κ2) is 9.75. The van der Waals surface area contributed by atoms with Gasteiger partial charge in [0.2, 0.25) is 5.91 Å². The first-order valence-corrected chi connectivity index (χ1v) is 13.0. The molecular formula is C26H36N2O4S. The molecule has 1 unspecified atom stereocenters. The average molecular weight is 473 g/mol. The Morgan fingerprint density at radius 3 is 2.09 bits per heavy atom. The molecule has 1 fully saturated rings. The van der Waals surface area contributed by atoms with Crippen molar-refractivity contribution in [2.45, 2.75) is 76.3 Å². The summed E-state index contributed by atoms with van der Waals surface area (Å²) < 4.78 is 34.3. The molecule has 1 amide bonds. The molecule has 33 heavy (non-hydrogen) atoms. The Morgan fingerprint density at radius 1 is 1.06 bits per heavy atom. The summed E-state index contributed by atoms with van der Waals surface area (Å²) in [5, 5.41) is 0. The number of hydrogen-bond acceptors (Lipinski definition) is 4. The third-order valence-corrected chi connectivity index (χ3v) is 7.96. The molecule has 0 aromatic heterocycles. The van der Waals surface area contributed by atoms with Gasteiger partial charge in [0.25, 0.3) is 10.0 Å². The van der Waals surface area contributed by atoms with E-state index in [1.54, 1.807) is 50.4 Å². The lowest BCUT2D eigenvalue weighted by Gasteiger charge is -2.34. The van der Waals surface area contributed by atoms with E-state index in [9.17, 15) is 13.2 Å². The number of amides is 1. The Balaban J connectivity index is 2.04. The van der Waals surface area contributed by atoms with E-state index >= 15 is 0 Å². The summed E-state index contributed by atoms with van der Waals surface area (Å²) in [6, 6.07) is 13.1. The Labute approximate surface area is 198 Å². The number of benzene rings is 2. The fourth-order valence-electron chi connectivity index (χ4n) is 3.98. The molecule has 2 aromatic rings. The van der Waals surface area contributed by atoms with E-state index in [0.29, 0.717) is 18.0 Å². The maximum Gasteiger partial charge on any atom is 0.265 e. The maximum atomic E-state index is 13.9. The molecule has 3 rings (SSSR count). The van der Waals surface area contributed by atoms with Gasteiger partial charge < -0.3 is 9.64 Å². The van der Waals surface area contributed by atoms with E-state index in [-0.39, 0.29) is 22.3 Å². The Morgan fingerprint density at radius 2 is 1.64 bits per heavy atom. The molecule has 1 atom stereocenters. The molecule has 6 nitrogen and oxygen atoms in total. The van der Waals surface area contributed by atoms with Crippen LogP contribution in [0, 0.1) is 0 Å². The summed E-state index contributed by atoms with van der Waals surface area (Å²) in [5.41, 5.74) is 1.39. The maximum absolute atomic E-state index is 13.9. The lowest BCUT2D eigenvalue weighted by molar-refractivity contribution is -0.132. The third-order valence-electron chi connectivity index (χ3n) is 6.05. The quantitative estimate of drug-likeness (QED) is 0.516. The average Bonchev–Trinajstić information content (AvgIpc) is 3.62. The summed E-state index contributed by atoms with van der Waals surface area (Å²) in [4.78, 5) is 15.5. The van der Waals surface area contributed by atoms with Crippen LogP contribution in [-0.4, -0.2) is 45.0 Å². The number of ether oxygens (including phenoxy) is 1. The van der Waals surface area contributed by atoms with Gasteiger partial charge in [-0.25, -0.2) is 8.42 Å². The minimum atomic E-state index is -3.99. The molecule has 0 heterocycles. The Hall–Kier alpha value is -2.54. The van der Waals surface area contributed by atoms with Gasteiger partial charge in [0, 0.05) is 12.6 Å². The SMILES string of the molecule is CCCN(C(=O)C(C)N(c1ccc(OC)cc1)S(=O)(=O)c1ccc(C(C)(C)C)cc1)C1CC1. The monoisotopic (exact) mass is 472 g/mol. The molecular weight excluding hydrogens is 436 g/mol. The minimum Gasteiger partial charge on any atom is -0.497 e. The van der Waals surface area contributed by atoms with Crippen molar-refractivity contribution in [1.82, 2.24) is 4.90 Å². The number of methoxy groups -OCH3 is 1. The number of anilines is 1. The molecule has 2 aromatic carbocycles. The van der Waals surface area contributed by atoms with Crippen LogP contribution in [0.4, 0.5) is 5.69 Å². The zero-order chi connectivity index (χ0) is 24.4. The minimum absolute atomic E-state index is 0.0911. The second-order valence-corrected chi connectivity index (χ2v) is 11.5. The number of nitrogens with zero attached hydrogens (tertiary/aromatic N) is 2. The zero-order valence-corrected chi connectivity index (χ0v) is 21.4. The summed E-state index contributed by atoms with van der Waals surface area (Å²) in [6.45, 7) is 10.6. The highest BCUT2D eigenvalue weighted by Gasteiger charge is 2.39. The number of hydrogen-bond donors (Lipinski definition) is 0.